The van der Waals surface area contributed by atoms with E-state index in [1.165, 1.54) is 0 Å². The molecule has 1 aromatic heterocycles. The lowest BCUT2D eigenvalue weighted by atomic mass is 10.1. The molecule has 0 fully saturated rings. The van der Waals surface area contributed by atoms with Gasteiger partial charge in [-0.2, -0.15) is 5.10 Å². The van der Waals surface area contributed by atoms with Crippen LogP contribution in [-0.2, 0) is 11.3 Å². The molecule has 4 heteroatoms. The van der Waals surface area contributed by atoms with E-state index in [-0.39, 0.29) is 6.04 Å². The quantitative estimate of drug-likeness (QED) is 0.700. The molecule has 0 aliphatic rings. The first-order chi connectivity index (χ1) is 6.79. The van der Waals surface area contributed by atoms with E-state index in [0.717, 1.165) is 25.3 Å². The fourth-order valence-corrected chi connectivity index (χ4v) is 1.42. The van der Waals surface area contributed by atoms with Gasteiger partial charge in [0, 0.05) is 32.0 Å². The van der Waals surface area contributed by atoms with E-state index in [0.29, 0.717) is 6.61 Å². The zero-order valence-corrected chi connectivity index (χ0v) is 8.94. The second-order valence-corrected chi connectivity index (χ2v) is 3.16. The van der Waals surface area contributed by atoms with Crippen molar-refractivity contribution in [1.29, 1.82) is 0 Å². The topological polar surface area (TPSA) is 53.1 Å². The number of hydrogen-bond donors (Lipinski definition) is 1. The number of rotatable bonds is 6. The number of ether oxygens (including phenoxy) is 1. The summed E-state index contributed by atoms with van der Waals surface area (Å²) in [5.74, 6) is 0. The molecule has 0 bridgehead atoms. The first-order valence-corrected chi connectivity index (χ1v) is 5.14. The highest BCUT2D eigenvalue weighted by atomic mass is 16.5. The molecule has 4 nitrogen and oxygen atoms in total. The van der Waals surface area contributed by atoms with E-state index >= 15 is 0 Å². The summed E-state index contributed by atoms with van der Waals surface area (Å²) in [6, 6.07) is 2.00. The summed E-state index contributed by atoms with van der Waals surface area (Å²) < 4.78 is 7.19. The molecule has 0 saturated carbocycles. The minimum Gasteiger partial charge on any atom is -0.382 e. The van der Waals surface area contributed by atoms with Crippen molar-refractivity contribution in [3.05, 3.63) is 18.0 Å². The molecule has 1 aromatic rings. The Hall–Kier alpha value is -0.870. The van der Waals surface area contributed by atoms with Crippen molar-refractivity contribution in [1.82, 2.24) is 9.78 Å². The van der Waals surface area contributed by atoms with Gasteiger partial charge in [-0.15, -0.1) is 0 Å². The summed E-state index contributed by atoms with van der Waals surface area (Å²) in [6.45, 7) is 6.38. The van der Waals surface area contributed by atoms with Crippen molar-refractivity contribution in [3.8, 4) is 0 Å². The molecule has 0 spiro atoms. The molecule has 1 heterocycles. The molecule has 1 rings (SSSR count). The van der Waals surface area contributed by atoms with Gasteiger partial charge in [-0.25, -0.2) is 0 Å². The van der Waals surface area contributed by atoms with Gasteiger partial charge in [0.25, 0.3) is 0 Å². The smallest absolute Gasteiger partial charge is 0.0552 e. The maximum absolute atomic E-state index is 6.02. The average Bonchev–Trinajstić information content (AvgIpc) is 2.65. The molecule has 0 aromatic carbocycles. The first kappa shape index (κ1) is 11.2. The van der Waals surface area contributed by atoms with Crippen molar-refractivity contribution in [2.24, 2.45) is 5.73 Å². The van der Waals surface area contributed by atoms with Crippen LogP contribution < -0.4 is 5.73 Å². The van der Waals surface area contributed by atoms with Crippen LogP contribution in [0.2, 0.25) is 0 Å². The largest absolute Gasteiger partial charge is 0.382 e. The van der Waals surface area contributed by atoms with E-state index < -0.39 is 0 Å². The maximum atomic E-state index is 6.02. The molecule has 2 N–H and O–H groups in total. The van der Waals surface area contributed by atoms with Gasteiger partial charge in [0.05, 0.1) is 5.69 Å². The summed E-state index contributed by atoms with van der Waals surface area (Å²) in [7, 11) is 0. The summed E-state index contributed by atoms with van der Waals surface area (Å²) >= 11 is 0. The van der Waals surface area contributed by atoms with Gasteiger partial charge in [0.2, 0.25) is 0 Å². The van der Waals surface area contributed by atoms with Crippen LogP contribution in [0.5, 0.6) is 0 Å². The standard InChI is InChI=1S/C10H19N3O/c1-3-13-10(5-7-12-13)9(11)6-8-14-4-2/h5,7,9H,3-4,6,8,11H2,1-2H3. The Morgan fingerprint density at radius 1 is 1.57 bits per heavy atom. The van der Waals surface area contributed by atoms with E-state index in [2.05, 4.69) is 12.0 Å². The normalized spacial score (nSPS) is 13.1. The third kappa shape index (κ3) is 2.82. The van der Waals surface area contributed by atoms with Gasteiger partial charge in [-0.1, -0.05) is 0 Å². The molecule has 0 saturated heterocycles. The van der Waals surface area contributed by atoms with Crippen LogP contribution >= 0.6 is 0 Å². The van der Waals surface area contributed by atoms with Crippen molar-refractivity contribution in [2.75, 3.05) is 13.2 Å². The first-order valence-electron chi connectivity index (χ1n) is 5.14. The number of nitrogens with two attached hydrogens (primary N) is 1. The zero-order valence-electron chi connectivity index (χ0n) is 8.94. The monoisotopic (exact) mass is 197 g/mol. The minimum absolute atomic E-state index is 0.0315. The molecule has 0 aliphatic heterocycles. The third-order valence-electron chi connectivity index (χ3n) is 2.21. The number of hydrogen-bond acceptors (Lipinski definition) is 3. The lowest BCUT2D eigenvalue weighted by molar-refractivity contribution is 0.139. The minimum atomic E-state index is 0.0315. The molecule has 1 atom stereocenters. The second-order valence-electron chi connectivity index (χ2n) is 3.16. The molecule has 1 unspecified atom stereocenters. The van der Waals surface area contributed by atoms with Gasteiger partial charge in [-0.3, -0.25) is 4.68 Å². The fourth-order valence-electron chi connectivity index (χ4n) is 1.42. The third-order valence-corrected chi connectivity index (χ3v) is 2.21. The Morgan fingerprint density at radius 3 is 3.00 bits per heavy atom. The van der Waals surface area contributed by atoms with Gasteiger partial charge < -0.3 is 10.5 Å². The predicted molar refractivity (Wildman–Crippen MR) is 55.9 cm³/mol. The lowest BCUT2D eigenvalue weighted by Gasteiger charge is -2.12. The number of aryl methyl sites for hydroxylation is 1. The summed E-state index contributed by atoms with van der Waals surface area (Å²) in [6.07, 6.45) is 2.64. The number of nitrogens with zero attached hydrogens (tertiary/aromatic N) is 2. The second kappa shape index (κ2) is 5.78. The van der Waals surface area contributed by atoms with Gasteiger partial charge >= 0.3 is 0 Å². The van der Waals surface area contributed by atoms with Gasteiger partial charge in [0.1, 0.15) is 0 Å². The summed E-state index contributed by atoms with van der Waals surface area (Å²) in [5, 5.41) is 4.18. The zero-order chi connectivity index (χ0) is 10.4. The van der Waals surface area contributed by atoms with Crippen LogP contribution in [0.15, 0.2) is 12.3 Å². The predicted octanol–water partition coefficient (Wildman–Crippen LogP) is 1.33. The summed E-state index contributed by atoms with van der Waals surface area (Å²) in [4.78, 5) is 0. The van der Waals surface area contributed by atoms with Crippen LogP contribution in [-0.4, -0.2) is 23.0 Å². The molecule has 14 heavy (non-hydrogen) atoms. The molecular weight excluding hydrogens is 178 g/mol. The lowest BCUT2D eigenvalue weighted by Crippen LogP contribution is -2.17. The fraction of sp³-hybridized carbons (Fsp3) is 0.700. The van der Waals surface area contributed by atoms with Crippen molar-refractivity contribution < 1.29 is 4.74 Å². The Labute approximate surface area is 85.0 Å². The van der Waals surface area contributed by atoms with Crippen LogP contribution in [0.1, 0.15) is 32.0 Å². The highest BCUT2D eigenvalue weighted by molar-refractivity contribution is 5.05. The average molecular weight is 197 g/mol. The molecular formula is C10H19N3O. The van der Waals surface area contributed by atoms with Crippen molar-refractivity contribution in [2.45, 2.75) is 32.9 Å². The highest BCUT2D eigenvalue weighted by Crippen LogP contribution is 2.13. The van der Waals surface area contributed by atoms with Crippen molar-refractivity contribution >= 4 is 0 Å². The van der Waals surface area contributed by atoms with Gasteiger partial charge in [-0.05, 0) is 26.3 Å². The van der Waals surface area contributed by atoms with Crippen molar-refractivity contribution in [3.63, 3.8) is 0 Å². The Kier molecular flexibility index (Phi) is 4.62. The Morgan fingerprint density at radius 2 is 2.36 bits per heavy atom. The number of aromatic nitrogens is 2. The van der Waals surface area contributed by atoms with Crippen LogP contribution in [0, 0.1) is 0 Å². The molecule has 80 valence electrons. The highest BCUT2D eigenvalue weighted by Gasteiger charge is 2.10. The van der Waals surface area contributed by atoms with Crippen LogP contribution in [0.3, 0.4) is 0 Å². The van der Waals surface area contributed by atoms with E-state index in [1.807, 2.05) is 17.7 Å². The molecule has 0 radical (unpaired) electrons. The Bertz CT molecular complexity index is 260. The SMILES string of the molecule is CCOCCC(N)c1ccnn1CC. The van der Waals surface area contributed by atoms with Gasteiger partial charge in [0.15, 0.2) is 0 Å². The molecule has 0 amide bonds. The van der Waals surface area contributed by atoms with E-state index in [4.69, 9.17) is 10.5 Å². The van der Waals surface area contributed by atoms with Crippen LogP contribution in [0.25, 0.3) is 0 Å². The van der Waals surface area contributed by atoms with Crippen LogP contribution in [0.4, 0.5) is 0 Å². The van der Waals surface area contributed by atoms with E-state index in [1.54, 1.807) is 6.20 Å². The summed E-state index contributed by atoms with van der Waals surface area (Å²) in [5.41, 5.74) is 7.11. The van der Waals surface area contributed by atoms with E-state index in [9.17, 15) is 0 Å². The maximum Gasteiger partial charge on any atom is 0.0552 e. The Balaban J connectivity index is 2.47. The molecule has 0 aliphatic carbocycles.